The van der Waals surface area contributed by atoms with Crippen molar-refractivity contribution in [1.82, 2.24) is 5.32 Å². The van der Waals surface area contributed by atoms with Crippen LogP contribution in [0.4, 0.5) is 0 Å². The summed E-state index contributed by atoms with van der Waals surface area (Å²) in [5.41, 5.74) is 4.97. The average molecular weight is 322 g/mol. The first-order valence-electron chi connectivity index (χ1n) is 6.16. The Morgan fingerprint density at radius 1 is 1.05 bits per heavy atom. The van der Waals surface area contributed by atoms with E-state index in [4.69, 9.17) is 31.3 Å². The number of carbonyl (C=O) groups is 4. The predicted octanol–water partition coefficient (Wildman–Crippen LogP) is -2.63. The van der Waals surface area contributed by atoms with Crippen molar-refractivity contribution in [2.75, 3.05) is 6.54 Å². The molecule has 0 aliphatic carbocycles. The van der Waals surface area contributed by atoms with E-state index in [9.17, 15) is 19.2 Å². The van der Waals surface area contributed by atoms with Gasteiger partial charge in [0.1, 0.15) is 12.1 Å². The van der Waals surface area contributed by atoms with Gasteiger partial charge in [-0.2, -0.15) is 0 Å². The summed E-state index contributed by atoms with van der Waals surface area (Å²) in [6, 6.07) is -2.22. The minimum Gasteiger partial charge on any atom is -0.481 e. The molecule has 0 spiro atoms. The molecule has 1 fully saturated rings. The maximum Gasteiger partial charge on any atom is 0.323 e. The van der Waals surface area contributed by atoms with Gasteiger partial charge in [0.25, 0.3) is 0 Å². The summed E-state index contributed by atoms with van der Waals surface area (Å²) in [6.45, 7) is 0.595. The van der Waals surface area contributed by atoms with E-state index >= 15 is 0 Å². The molecule has 0 aromatic heterocycles. The van der Waals surface area contributed by atoms with Crippen molar-refractivity contribution >= 4 is 23.9 Å². The molecule has 11 nitrogen and oxygen atoms in total. The molecule has 8 N–H and O–H groups in total. The van der Waals surface area contributed by atoms with Crippen LogP contribution in [0.2, 0.25) is 0 Å². The Morgan fingerprint density at radius 3 is 1.77 bits per heavy atom. The van der Waals surface area contributed by atoms with Crippen molar-refractivity contribution in [1.29, 1.82) is 0 Å². The molecular weight excluding hydrogens is 304 g/mol. The zero-order chi connectivity index (χ0) is 17.4. The monoisotopic (exact) mass is 322 g/mol. The van der Waals surface area contributed by atoms with Gasteiger partial charge in [-0.05, 0) is 19.4 Å². The Kier molecular flexibility index (Phi) is 8.01. The third-order valence-corrected chi connectivity index (χ3v) is 2.86. The van der Waals surface area contributed by atoms with Gasteiger partial charge in [-0.3, -0.25) is 19.2 Å². The smallest absolute Gasteiger partial charge is 0.323 e. The number of nitrogens with one attached hydrogen (secondary N) is 1. The molecular formula is C11H18N2O9. The lowest BCUT2D eigenvalue weighted by molar-refractivity contribution is -0.155. The summed E-state index contributed by atoms with van der Waals surface area (Å²) in [5.74, 6) is -7.35. The van der Waals surface area contributed by atoms with Crippen molar-refractivity contribution in [2.24, 2.45) is 11.7 Å². The van der Waals surface area contributed by atoms with E-state index in [1.807, 2.05) is 0 Å². The Balaban J connectivity index is 0.000000425. The molecule has 0 amide bonds. The fourth-order valence-corrected chi connectivity index (χ4v) is 1.60. The van der Waals surface area contributed by atoms with Crippen LogP contribution in [0.1, 0.15) is 12.8 Å². The van der Waals surface area contributed by atoms with Crippen LogP contribution in [-0.4, -0.2) is 74.1 Å². The summed E-state index contributed by atoms with van der Waals surface area (Å²) in [6.07, 6.45) is -0.792. The van der Waals surface area contributed by atoms with E-state index in [1.54, 1.807) is 0 Å². The fraction of sp³-hybridized carbons (Fsp3) is 0.636. The standard InChI is InChI=1S/C6H9NO6.C5H9NO3/c7-3(6(12)13)1-2(4(8)9)5(10)11;7-3-1-2-6-4(3)5(8)9/h2-3H,1,7H2,(H,8,9)(H,10,11)(H,12,13);3-4,6-7H,1-2H2,(H,8,9)/t3-;3?,4-/m00/s1. The van der Waals surface area contributed by atoms with Crippen LogP contribution in [-0.2, 0) is 19.2 Å². The lowest BCUT2D eigenvalue weighted by Gasteiger charge is -2.09. The van der Waals surface area contributed by atoms with Crippen LogP contribution in [0.5, 0.6) is 0 Å². The first-order valence-corrected chi connectivity index (χ1v) is 6.16. The number of hydrogen-bond donors (Lipinski definition) is 7. The highest BCUT2D eigenvalue weighted by Gasteiger charge is 2.31. The molecule has 1 unspecified atom stereocenters. The molecule has 1 aliphatic heterocycles. The molecule has 126 valence electrons. The zero-order valence-corrected chi connectivity index (χ0v) is 11.4. The van der Waals surface area contributed by atoms with Crippen molar-refractivity contribution in [3.8, 4) is 0 Å². The van der Waals surface area contributed by atoms with E-state index < -0.39 is 54.4 Å². The van der Waals surface area contributed by atoms with E-state index in [1.165, 1.54) is 0 Å². The van der Waals surface area contributed by atoms with Gasteiger partial charge >= 0.3 is 23.9 Å². The molecule has 0 bridgehead atoms. The van der Waals surface area contributed by atoms with Gasteiger partial charge < -0.3 is 36.6 Å². The van der Waals surface area contributed by atoms with Gasteiger partial charge in [0.15, 0.2) is 5.92 Å². The van der Waals surface area contributed by atoms with E-state index in [0.717, 1.165) is 0 Å². The van der Waals surface area contributed by atoms with E-state index in [0.29, 0.717) is 13.0 Å². The topological polar surface area (TPSA) is 207 Å². The number of rotatable bonds is 6. The SMILES string of the molecule is N[C@@H](CC(C(=O)O)C(=O)O)C(=O)O.O=C(O)[C@H]1NCCC1O. The number of nitrogens with two attached hydrogens (primary N) is 1. The van der Waals surface area contributed by atoms with Crippen molar-refractivity contribution in [3.63, 3.8) is 0 Å². The molecule has 1 rings (SSSR count). The highest BCUT2D eigenvalue weighted by molar-refractivity contribution is 5.93. The van der Waals surface area contributed by atoms with Crippen LogP contribution >= 0.6 is 0 Å². The fourth-order valence-electron chi connectivity index (χ4n) is 1.60. The van der Waals surface area contributed by atoms with Gasteiger partial charge in [-0.25, -0.2) is 0 Å². The Labute approximate surface area is 124 Å². The van der Waals surface area contributed by atoms with Gasteiger partial charge in [-0.15, -0.1) is 0 Å². The summed E-state index contributed by atoms with van der Waals surface area (Å²) in [4.78, 5) is 40.9. The highest BCUT2D eigenvalue weighted by Crippen LogP contribution is 2.06. The lowest BCUT2D eigenvalue weighted by Crippen LogP contribution is -2.38. The number of aliphatic hydroxyl groups is 1. The number of carboxylic acid groups (broad SMARTS) is 4. The average Bonchev–Trinajstić information content (AvgIpc) is 2.81. The van der Waals surface area contributed by atoms with Crippen LogP contribution in [0.3, 0.4) is 0 Å². The molecule has 0 aromatic carbocycles. The summed E-state index contributed by atoms with van der Waals surface area (Å²) >= 11 is 0. The summed E-state index contributed by atoms with van der Waals surface area (Å²) < 4.78 is 0. The number of carboxylic acids is 4. The van der Waals surface area contributed by atoms with Crippen LogP contribution in [0.25, 0.3) is 0 Å². The number of aliphatic hydroxyl groups excluding tert-OH is 1. The van der Waals surface area contributed by atoms with Crippen LogP contribution < -0.4 is 11.1 Å². The molecule has 3 atom stereocenters. The zero-order valence-electron chi connectivity index (χ0n) is 11.4. The first-order chi connectivity index (χ1) is 10.1. The minimum atomic E-state index is -1.77. The van der Waals surface area contributed by atoms with Gasteiger partial charge in [-0.1, -0.05) is 0 Å². The van der Waals surface area contributed by atoms with Gasteiger partial charge in [0.05, 0.1) is 6.10 Å². The predicted molar refractivity (Wildman–Crippen MR) is 69.0 cm³/mol. The second-order valence-corrected chi connectivity index (χ2v) is 4.54. The highest BCUT2D eigenvalue weighted by atomic mass is 16.4. The van der Waals surface area contributed by atoms with Gasteiger partial charge in [0, 0.05) is 0 Å². The van der Waals surface area contributed by atoms with Crippen molar-refractivity contribution in [2.45, 2.75) is 31.0 Å². The molecule has 0 saturated carbocycles. The third kappa shape index (κ3) is 6.47. The van der Waals surface area contributed by atoms with Crippen molar-refractivity contribution in [3.05, 3.63) is 0 Å². The molecule has 0 aromatic rings. The normalized spacial score (nSPS) is 21.6. The van der Waals surface area contributed by atoms with Crippen LogP contribution in [0, 0.1) is 5.92 Å². The molecule has 1 heterocycles. The largest absolute Gasteiger partial charge is 0.481 e. The Bertz CT molecular complexity index is 425. The molecule has 1 aliphatic rings. The first kappa shape index (κ1) is 19.8. The third-order valence-electron chi connectivity index (χ3n) is 2.86. The maximum absolute atomic E-state index is 10.3. The van der Waals surface area contributed by atoms with Gasteiger partial charge in [0.2, 0.25) is 0 Å². The quantitative estimate of drug-likeness (QED) is 0.251. The second-order valence-electron chi connectivity index (χ2n) is 4.54. The Hall–Kier alpha value is -2.24. The lowest BCUT2D eigenvalue weighted by atomic mass is 10.0. The Morgan fingerprint density at radius 2 is 1.55 bits per heavy atom. The maximum atomic E-state index is 10.3. The van der Waals surface area contributed by atoms with Crippen molar-refractivity contribution < 1.29 is 44.7 Å². The summed E-state index contributed by atoms with van der Waals surface area (Å²) in [7, 11) is 0. The van der Waals surface area contributed by atoms with E-state index in [-0.39, 0.29) is 0 Å². The molecule has 1 saturated heterocycles. The number of hydrogen-bond acceptors (Lipinski definition) is 7. The minimum absolute atomic E-state index is 0.539. The number of aliphatic carboxylic acids is 4. The van der Waals surface area contributed by atoms with E-state index in [2.05, 4.69) is 5.32 Å². The van der Waals surface area contributed by atoms with Crippen LogP contribution in [0.15, 0.2) is 0 Å². The molecule has 0 radical (unpaired) electrons. The summed E-state index contributed by atoms with van der Waals surface area (Å²) in [5, 5.41) is 44.9. The molecule has 11 heteroatoms. The second kappa shape index (κ2) is 8.92. The molecule has 22 heavy (non-hydrogen) atoms.